The van der Waals surface area contributed by atoms with Crippen molar-refractivity contribution in [3.05, 3.63) is 72.0 Å². The van der Waals surface area contributed by atoms with E-state index in [0.717, 1.165) is 17.0 Å². The van der Waals surface area contributed by atoms with E-state index in [1.165, 1.54) is 18.2 Å². The van der Waals surface area contributed by atoms with Gasteiger partial charge in [0.15, 0.2) is 0 Å². The van der Waals surface area contributed by atoms with Crippen LogP contribution >= 0.6 is 0 Å². The number of hydrogen-bond acceptors (Lipinski definition) is 3. The Labute approximate surface area is 120 Å². The highest BCUT2D eigenvalue weighted by Gasteiger charge is 2.06. The first-order chi connectivity index (χ1) is 10.1. The van der Waals surface area contributed by atoms with Gasteiger partial charge in [0.2, 0.25) is 0 Å². The Bertz CT molecular complexity index is 713. The lowest BCUT2D eigenvalue weighted by atomic mass is 10.1. The van der Waals surface area contributed by atoms with Crippen LogP contribution in [0.1, 0.15) is 20.7 Å². The van der Waals surface area contributed by atoms with Gasteiger partial charge in [0.1, 0.15) is 5.58 Å². The third kappa shape index (κ3) is 3.70. The van der Waals surface area contributed by atoms with Crippen LogP contribution < -0.4 is 0 Å². The van der Waals surface area contributed by atoms with E-state index in [0.29, 0.717) is 0 Å². The van der Waals surface area contributed by atoms with E-state index >= 15 is 0 Å². The SMILES string of the molecule is O=C(O)c1cccc(C(=O)O)c1.c1ccc2occc2c1. The first kappa shape index (κ1) is 14.3. The van der Waals surface area contributed by atoms with Gasteiger partial charge in [-0.05, 0) is 30.3 Å². The Morgan fingerprint density at radius 2 is 1.43 bits per heavy atom. The molecule has 2 aromatic carbocycles. The van der Waals surface area contributed by atoms with Gasteiger partial charge in [0.25, 0.3) is 0 Å². The molecule has 0 spiro atoms. The highest BCUT2D eigenvalue weighted by molar-refractivity contribution is 5.93. The molecule has 106 valence electrons. The molecule has 1 heterocycles. The maximum absolute atomic E-state index is 10.4. The molecule has 5 heteroatoms. The van der Waals surface area contributed by atoms with Gasteiger partial charge in [-0.25, -0.2) is 9.59 Å². The maximum atomic E-state index is 10.4. The van der Waals surface area contributed by atoms with E-state index in [-0.39, 0.29) is 11.1 Å². The second-order valence-corrected chi connectivity index (χ2v) is 4.15. The summed E-state index contributed by atoms with van der Waals surface area (Å²) in [5.41, 5.74) is 0.919. The van der Waals surface area contributed by atoms with Crippen LogP contribution in [-0.4, -0.2) is 22.2 Å². The van der Waals surface area contributed by atoms with Crippen LogP contribution in [0.3, 0.4) is 0 Å². The standard InChI is InChI=1S/C8H6O4.C8H6O/c9-7(10)5-2-1-3-6(4-5)8(11)12;1-2-4-8-7(3-1)5-6-9-8/h1-4H,(H,9,10)(H,11,12);1-6H. The molecular weight excluding hydrogens is 272 g/mol. The molecule has 3 aromatic rings. The molecule has 0 saturated carbocycles. The molecule has 0 aliphatic heterocycles. The molecule has 0 radical (unpaired) electrons. The average molecular weight is 284 g/mol. The molecule has 0 bridgehead atoms. The molecule has 0 saturated heterocycles. The minimum absolute atomic E-state index is 0.0186. The Hall–Kier alpha value is -3.08. The quantitative estimate of drug-likeness (QED) is 0.751. The van der Waals surface area contributed by atoms with Gasteiger partial charge >= 0.3 is 11.9 Å². The van der Waals surface area contributed by atoms with Crippen molar-refractivity contribution in [2.24, 2.45) is 0 Å². The summed E-state index contributed by atoms with van der Waals surface area (Å²) < 4.78 is 5.12. The molecule has 5 nitrogen and oxygen atoms in total. The van der Waals surface area contributed by atoms with Crippen LogP contribution in [-0.2, 0) is 0 Å². The monoisotopic (exact) mass is 284 g/mol. The summed E-state index contributed by atoms with van der Waals surface area (Å²) in [6.07, 6.45) is 1.70. The lowest BCUT2D eigenvalue weighted by molar-refractivity contribution is 0.0696. The van der Waals surface area contributed by atoms with E-state index in [1.807, 2.05) is 30.3 Å². The van der Waals surface area contributed by atoms with Crippen LogP contribution in [0.5, 0.6) is 0 Å². The predicted octanol–water partition coefficient (Wildman–Crippen LogP) is 3.52. The molecule has 2 N–H and O–H groups in total. The van der Waals surface area contributed by atoms with Gasteiger partial charge in [-0.3, -0.25) is 0 Å². The van der Waals surface area contributed by atoms with Crippen molar-refractivity contribution in [3.63, 3.8) is 0 Å². The first-order valence-electron chi connectivity index (χ1n) is 6.07. The third-order valence-corrected chi connectivity index (χ3v) is 2.72. The number of carboxylic acid groups (broad SMARTS) is 2. The molecule has 1 aromatic heterocycles. The van der Waals surface area contributed by atoms with Crippen molar-refractivity contribution in [1.29, 1.82) is 0 Å². The maximum Gasteiger partial charge on any atom is 0.335 e. The number of furan rings is 1. The van der Waals surface area contributed by atoms with Gasteiger partial charge in [0, 0.05) is 5.39 Å². The predicted molar refractivity (Wildman–Crippen MR) is 76.6 cm³/mol. The van der Waals surface area contributed by atoms with Crippen molar-refractivity contribution < 1.29 is 24.2 Å². The van der Waals surface area contributed by atoms with Gasteiger partial charge in [-0.2, -0.15) is 0 Å². The molecule has 0 aliphatic carbocycles. The Balaban J connectivity index is 0.000000159. The number of aromatic carboxylic acids is 2. The van der Waals surface area contributed by atoms with Crippen LogP contribution in [0.25, 0.3) is 11.0 Å². The van der Waals surface area contributed by atoms with E-state index in [4.69, 9.17) is 14.6 Å². The molecular formula is C16H12O5. The minimum atomic E-state index is -1.13. The smallest absolute Gasteiger partial charge is 0.335 e. The molecule has 0 unspecified atom stereocenters. The first-order valence-corrected chi connectivity index (χ1v) is 6.07. The van der Waals surface area contributed by atoms with E-state index in [2.05, 4.69) is 0 Å². The Morgan fingerprint density at radius 1 is 0.810 bits per heavy atom. The summed E-state index contributed by atoms with van der Waals surface area (Å²) in [5, 5.41) is 18.2. The van der Waals surface area contributed by atoms with Crippen molar-refractivity contribution in [3.8, 4) is 0 Å². The lowest BCUT2D eigenvalue weighted by Gasteiger charge is -1.95. The number of rotatable bonds is 2. The van der Waals surface area contributed by atoms with Gasteiger partial charge in [-0.15, -0.1) is 0 Å². The van der Waals surface area contributed by atoms with Gasteiger partial charge in [0.05, 0.1) is 17.4 Å². The molecule has 0 fully saturated rings. The van der Waals surface area contributed by atoms with Crippen LogP contribution in [0.4, 0.5) is 0 Å². The second kappa shape index (κ2) is 6.38. The topological polar surface area (TPSA) is 87.7 Å². The minimum Gasteiger partial charge on any atom is -0.478 e. The average Bonchev–Trinajstić information content (AvgIpc) is 2.96. The zero-order valence-electron chi connectivity index (χ0n) is 10.9. The molecule has 0 atom stereocenters. The normalized spacial score (nSPS) is 9.71. The van der Waals surface area contributed by atoms with Crippen molar-refractivity contribution in [2.45, 2.75) is 0 Å². The van der Waals surface area contributed by atoms with Crippen molar-refractivity contribution in [1.82, 2.24) is 0 Å². The fourth-order valence-corrected chi connectivity index (χ4v) is 1.69. The summed E-state index contributed by atoms with van der Waals surface area (Å²) in [7, 11) is 0. The third-order valence-electron chi connectivity index (χ3n) is 2.72. The summed E-state index contributed by atoms with van der Waals surface area (Å²) >= 11 is 0. The number of para-hydroxylation sites is 1. The molecule has 0 aliphatic rings. The number of fused-ring (bicyclic) bond motifs is 1. The number of benzene rings is 2. The molecule has 21 heavy (non-hydrogen) atoms. The second-order valence-electron chi connectivity index (χ2n) is 4.15. The largest absolute Gasteiger partial charge is 0.478 e. The van der Waals surface area contributed by atoms with Gasteiger partial charge in [-0.1, -0.05) is 24.3 Å². The fourth-order valence-electron chi connectivity index (χ4n) is 1.69. The van der Waals surface area contributed by atoms with Crippen molar-refractivity contribution >= 4 is 22.9 Å². The molecule has 0 amide bonds. The lowest BCUT2D eigenvalue weighted by Crippen LogP contribution is -2.01. The highest BCUT2D eigenvalue weighted by Crippen LogP contribution is 2.12. The van der Waals surface area contributed by atoms with E-state index < -0.39 is 11.9 Å². The fraction of sp³-hybridized carbons (Fsp3) is 0. The van der Waals surface area contributed by atoms with Crippen LogP contribution in [0.2, 0.25) is 0 Å². The summed E-state index contributed by atoms with van der Waals surface area (Å²) in [6, 6.07) is 15.1. The summed E-state index contributed by atoms with van der Waals surface area (Å²) in [4.78, 5) is 20.8. The summed E-state index contributed by atoms with van der Waals surface area (Å²) in [6.45, 7) is 0. The summed E-state index contributed by atoms with van der Waals surface area (Å²) in [5.74, 6) is -2.25. The zero-order valence-corrected chi connectivity index (χ0v) is 10.9. The number of carboxylic acids is 2. The highest BCUT2D eigenvalue weighted by atomic mass is 16.4. The zero-order chi connectivity index (χ0) is 15.2. The van der Waals surface area contributed by atoms with Crippen LogP contribution in [0, 0.1) is 0 Å². The Kier molecular flexibility index (Phi) is 4.36. The molecule has 3 rings (SSSR count). The number of carbonyl (C=O) groups is 2. The van der Waals surface area contributed by atoms with Gasteiger partial charge < -0.3 is 14.6 Å². The van der Waals surface area contributed by atoms with E-state index in [9.17, 15) is 9.59 Å². The number of hydrogen-bond donors (Lipinski definition) is 2. The van der Waals surface area contributed by atoms with E-state index in [1.54, 1.807) is 6.26 Å². The van der Waals surface area contributed by atoms with Crippen LogP contribution in [0.15, 0.2) is 65.3 Å². The Morgan fingerprint density at radius 3 is 2.00 bits per heavy atom. The van der Waals surface area contributed by atoms with Crippen molar-refractivity contribution in [2.75, 3.05) is 0 Å².